The molecule has 3 aromatic rings. The summed E-state index contributed by atoms with van der Waals surface area (Å²) in [6.45, 7) is 4.56. The molecule has 6 nitrogen and oxygen atoms in total. The molecular formula is C28H27NO5. The summed E-state index contributed by atoms with van der Waals surface area (Å²) in [5, 5.41) is 11.2. The molecule has 0 bridgehead atoms. The van der Waals surface area contributed by atoms with E-state index >= 15 is 0 Å². The minimum absolute atomic E-state index is 0.0398. The van der Waals surface area contributed by atoms with Crippen LogP contribution in [0.3, 0.4) is 0 Å². The number of nitrogens with zero attached hydrogens (tertiary/aromatic N) is 1. The molecule has 0 aliphatic carbocycles. The molecule has 1 amide bonds. The molecule has 174 valence electrons. The lowest BCUT2D eigenvalue weighted by molar-refractivity contribution is -0.132. The number of aryl methyl sites for hydroxylation is 1. The Balaban J connectivity index is 1.83. The van der Waals surface area contributed by atoms with E-state index in [2.05, 4.69) is 0 Å². The number of Topliss-reactive ketones (excluding diaryl/α,β-unsaturated/α-hetero) is 1. The van der Waals surface area contributed by atoms with E-state index in [1.807, 2.05) is 26.0 Å². The fourth-order valence-electron chi connectivity index (χ4n) is 3.99. The number of carbonyl (C=O) groups is 2. The van der Waals surface area contributed by atoms with Crippen LogP contribution in [0.25, 0.3) is 5.76 Å². The van der Waals surface area contributed by atoms with Gasteiger partial charge in [0.15, 0.2) is 0 Å². The van der Waals surface area contributed by atoms with Crippen molar-refractivity contribution in [1.82, 2.24) is 0 Å². The molecule has 0 spiro atoms. The van der Waals surface area contributed by atoms with Gasteiger partial charge >= 0.3 is 0 Å². The highest BCUT2D eigenvalue weighted by molar-refractivity contribution is 6.51. The van der Waals surface area contributed by atoms with E-state index < -0.39 is 17.7 Å². The van der Waals surface area contributed by atoms with E-state index in [1.54, 1.807) is 67.8 Å². The summed E-state index contributed by atoms with van der Waals surface area (Å²) in [5.41, 5.74) is 2.77. The quantitative estimate of drug-likeness (QED) is 0.291. The second kappa shape index (κ2) is 9.83. The summed E-state index contributed by atoms with van der Waals surface area (Å²) < 4.78 is 10.9. The first-order valence-electron chi connectivity index (χ1n) is 11.2. The highest BCUT2D eigenvalue weighted by atomic mass is 16.5. The molecule has 1 saturated heterocycles. The summed E-state index contributed by atoms with van der Waals surface area (Å²) in [5.74, 6) is -0.320. The number of amides is 1. The predicted molar refractivity (Wildman–Crippen MR) is 131 cm³/mol. The molecule has 1 atom stereocenters. The Bertz CT molecular complexity index is 1210. The predicted octanol–water partition coefficient (Wildman–Crippen LogP) is 5.42. The molecular weight excluding hydrogens is 430 g/mol. The van der Waals surface area contributed by atoms with Gasteiger partial charge in [0.1, 0.15) is 17.3 Å². The Hall–Kier alpha value is -4.06. The third kappa shape index (κ3) is 4.39. The lowest BCUT2D eigenvalue weighted by atomic mass is 9.95. The topological polar surface area (TPSA) is 76.1 Å². The zero-order chi connectivity index (χ0) is 24.2. The van der Waals surface area contributed by atoms with Crippen molar-refractivity contribution in [3.63, 3.8) is 0 Å². The average Bonchev–Trinajstić information content (AvgIpc) is 3.13. The van der Waals surface area contributed by atoms with Gasteiger partial charge < -0.3 is 14.6 Å². The van der Waals surface area contributed by atoms with Crippen LogP contribution in [0.4, 0.5) is 5.69 Å². The van der Waals surface area contributed by atoms with E-state index in [0.29, 0.717) is 34.9 Å². The van der Waals surface area contributed by atoms with Crippen LogP contribution in [-0.2, 0) is 9.59 Å². The summed E-state index contributed by atoms with van der Waals surface area (Å²) in [6.07, 6.45) is 0.881. The molecule has 34 heavy (non-hydrogen) atoms. The number of hydrogen-bond donors (Lipinski definition) is 1. The molecule has 1 unspecified atom stereocenters. The number of hydrogen-bond acceptors (Lipinski definition) is 5. The Morgan fingerprint density at radius 3 is 2.12 bits per heavy atom. The van der Waals surface area contributed by atoms with E-state index in [4.69, 9.17) is 9.47 Å². The van der Waals surface area contributed by atoms with Gasteiger partial charge in [0.2, 0.25) is 0 Å². The third-order valence-corrected chi connectivity index (χ3v) is 5.79. The van der Waals surface area contributed by atoms with Gasteiger partial charge in [0.25, 0.3) is 11.7 Å². The number of aliphatic hydroxyl groups excluding tert-OH is 1. The molecule has 4 rings (SSSR count). The van der Waals surface area contributed by atoms with E-state index in [0.717, 1.165) is 12.0 Å². The van der Waals surface area contributed by atoms with E-state index in [9.17, 15) is 14.7 Å². The highest BCUT2D eigenvalue weighted by Crippen LogP contribution is 2.42. The first-order valence-corrected chi connectivity index (χ1v) is 11.2. The lowest BCUT2D eigenvalue weighted by Gasteiger charge is -2.25. The van der Waals surface area contributed by atoms with Gasteiger partial charge in [-0.1, -0.05) is 36.8 Å². The van der Waals surface area contributed by atoms with Crippen LogP contribution >= 0.6 is 0 Å². The maximum Gasteiger partial charge on any atom is 0.300 e. The second-order valence-corrected chi connectivity index (χ2v) is 8.15. The summed E-state index contributed by atoms with van der Waals surface area (Å²) in [4.78, 5) is 27.9. The van der Waals surface area contributed by atoms with Crippen LogP contribution in [0.15, 0.2) is 78.4 Å². The third-order valence-electron chi connectivity index (χ3n) is 5.79. The van der Waals surface area contributed by atoms with Crippen LogP contribution in [0.2, 0.25) is 0 Å². The molecule has 1 aliphatic rings. The maximum absolute atomic E-state index is 13.2. The number of ether oxygens (including phenoxy) is 2. The van der Waals surface area contributed by atoms with Gasteiger partial charge in [-0.3, -0.25) is 14.5 Å². The van der Waals surface area contributed by atoms with Crippen LogP contribution in [0.5, 0.6) is 11.5 Å². The molecule has 1 fully saturated rings. The van der Waals surface area contributed by atoms with Crippen LogP contribution in [0, 0.1) is 6.92 Å². The van der Waals surface area contributed by atoms with Gasteiger partial charge in [0, 0.05) is 11.3 Å². The van der Waals surface area contributed by atoms with Gasteiger partial charge in [-0.2, -0.15) is 0 Å². The summed E-state index contributed by atoms with van der Waals surface area (Å²) in [7, 11) is 1.57. The Labute approximate surface area is 199 Å². The van der Waals surface area contributed by atoms with Crippen molar-refractivity contribution >= 4 is 23.1 Å². The molecule has 0 saturated carbocycles. The molecule has 1 aliphatic heterocycles. The Morgan fingerprint density at radius 2 is 1.53 bits per heavy atom. The van der Waals surface area contributed by atoms with Crippen molar-refractivity contribution in [1.29, 1.82) is 0 Å². The lowest BCUT2D eigenvalue weighted by Crippen LogP contribution is -2.29. The van der Waals surface area contributed by atoms with Gasteiger partial charge in [-0.05, 0) is 67.4 Å². The van der Waals surface area contributed by atoms with Gasteiger partial charge in [-0.25, -0.2) is 0 Å². The number of benzene rings is 3. The first-order chi connectivity index (χ1) is 16.4. The molecule has 6 heteroatoms. The first kappa shape index (κ1) is 23.1. The van der Waals surface area contributed by atoms with Crippen molar-refractivity contribution in [3.05, 3.63) is 95.1 Å². The minimum Gasteiger partial charge on any atom is -0.507 e. The largest absolute Gasteiger partial charge is 0.507 e. The number of methoxy groups -OCH3 is 1. The van der Waals surface area contributed by atoms with E-state index in [1.165, 1.54) is 4.90 Å². The number of anilines is 1. The SMILES string of the molecule is CCCOc1ccc(/C(O)=C2\C(=O)C(=O)N(c3ccc(C)cc3)C2c2ccc(OC)cc2)cc1. The highest BCUT2D eigenvalue weighted by Gasteiger charge is 2.46. The van der Waals surface area contributed by atoms with Crippen molar-refractivity contribution in [2.24, 2.45) is 0 Å². The van der Waals surface area contributed by atoms with Crippen molar-refractivity contribution in [2.45, 2.75) is 26.3 Å². The minimum atomic E-state index is -0.787. The van der Waals surface area contributed by atoms with Crippen molar-refractivity contribution in [3.8, 4) is 11.5 Å². The number of ketones is 1. The van der Waals surface area contributed by atoms with E-state index in [-0.39, 0.29) is 11.3 Å². The Kier molecular flexibility index (Phi) is 6.68. The zero-order valence-corrected chi connectivity index (χ0v) is 19.4. The zero-order valence-electron chi connectivity index (χ0n) is 19.4. The second-order valence-electron chi connectivity index (χ2n) is 8.15. The van der Waals surface area contributed by atoms with Gasteiger partial charge in [0.05, 0.1) is 25.3 Å². The Morgan fingerprint density at radius 1 is 0.912 bits per heavy atom. The van der Waals surface area contributed by atoms with Crippen LogP contribution in [0.1, 0.15) is 36.1 Å². The average molecular weight is 458 g/mol. The summed E-state index contributed by atoms with van der Waals surface area (Å²) in [6, 6.07) is 20.6. The normalized spacial score (nSPS) is 17.1. The summed E-state index contributed by atoms with van der Waals surface area (Å²) >= 11 is 0. The molecule has 0 radical (unpaired) electrons. The fraction of sp³-hybridized carbons (Fsp3) is 0.214. The van der Waals surface area contributed by atoms with Crippen molar-refractivity contribution in [2.75, 3.05) is 18.6 Å². The molecule has 0 aromatic heterocycles. The number of aliphatic hydroxyl groups is 1. The molecule has 1 N–H and O–H groups in total. The van der Waals surface area contributed by atoms with Crippen LogP contribution < -0.4 is 14.4 Å². The molecule has 1 heterocycles. The smallest absolute Gasteiger partial charge is 0.300 e. The number of carbonyl (C=O) groups excluding carboxylic acids is 2. The van der Waals surface area contributed by atoms with Gasteiger partial charge in [-0.15, -0.1) is 0 Å². The van der Waals surface area contributed by atoms with Crippen molar-refractivity contribution < 1.29 is 24.2 Å². The number of rotatable bonds is 7. The molecule has 3 aromatic carbocycles. The monoisotopic (exact) mass is 457 g/mol. The standard InChI is InChI=1S/C28H27NO5/c1-4-17-34-23-15-9-20(10-16-23)26(30)24-25(19-7-13-22(33-3)14-8-19)29(28(32)27(24)31)21-11-5-18(2)6-12-21/h5-16,25,30H,4,17H2,1-3H3/b26-24+. The van der Waals surface area contributed by atoms with Crippen LogP contribution in [-0.4, -0.2) is 30.5 Å². The maximum atomic E-state index is 13.2. The fourth-order valence-corrected chi connectivity index (χ4v) is 3.99.